The second-order valence-corrected chi connectivity index (χ2v) is 6.95. The SMILES string of the molecule is COc1ccc2oc(-c3ccc(NC(=O)CCc4ccccc4)cc3)cc(=O)c2c1. The molecule has 0 fully saturated rings. The van der Waals surface area contributed by atoms with E-state index < -0.39 is 0 Å². The summed E-state index contributed by atoms with van der Waals surface area (Å²) in [5.74, 6) is 1.03. The molecule has 0 atom stereocenters. The van der Waals surface area contributed by atoms with Crippen LogP contribution in [0.3, 0.4) is 0 Å². The van der Waals surface area contributed by atoms with Crippen molar-refractivity contribution in [2.24, 2.45) is 0 Å². The molecule has 0 saturated carbocycles. The number of aryl methyl sites for hydroxylation is 1. The fraction of sp³-hybridized carbons (Fsp3) is 0.120. The average Bonchev–Trinajstić information content (AvgIpc) is 2.78. The molecule has 0 bridgehead atoms. The average molecular weight is 399 g/mol. The van der Waals surface area contributed by atoms with Gasteiger partial charge in [0.25, 0.3) is 0 Å². The van der Waals surface area contributed by atoms with Crippen molar-refractivity contribution in [1.82, 2.24) is 0 Å². The fourth-order valence-corrected chi connectivity index (χ4v) is 3.25. The summed E-state index contributed by atoms with van der Waals surface area (Å²) < 4.78 is 11.1. The van der Waals surface area contributed by atoms with Crippen LogP contribution >= 0.6 is 0 Å². The van der Waals surface area contributed by atoms with Crippen LogP contribution < -0.4 is 15.5 Å². The van der Waals surface area contributed by atoms with Gasteiger partial charge in [0.2, 0.25) is 5.91 Å². The van der Waals surface area contributed by atoms with Crippen molar-refractivity contribution < 1.29 is 13.9 Å². The van der Waals surface area contributed by atoms with Gasteiger partial charge in [0.05, 0.1) is 12.5 Å². The number of amides is 1. The van der Waals surface area contributed by atoms with E-state index in [-0.39, 0.29) is 11.3 Å². The summed E-state index contributed by atoms with van der Waals surface area (Å²) in [6, 6.07) is 23.8. The molecule has 5 heteroatoms. The Kier molecular flexibility index (Phi) is 5.61. The van der Waals surface area contributed by atoms with Gasteiger partial charge in [-0.2, -0.15) is 0 Å². The molecule has 0 radical (unpaired) electrons. The van der Waals surface area contributed by atoms with E-state index in [2.05, 4.69) is 5.32 Å². The first-order chi connectivity index (χ1) is 14.6. The molecule has 0 spiro atoms. The zero-order chi connectivity index (χ0) is 20.9. The zero-order valence-electron chi connectivity index (χ0n) is 16.6. The number of rotatable bonds is 6. The van der Waals surface area contributed by atoms with Crippen LogP contribution in [0.4, 0.5) is 5.69 Å². The molecule has 5 nitrogen and oxygen atoms in total. The third-order valence-electron chi connectivity index (χ3n) is 4.87. The number of fused-ring (bicyclic) bond motifs is 1. The Morgan fingerprint density at radius 2 is 1.73 bits per heavy atom. The Balaban J connectivity index is 1.46. The third-order valence-corrected chi connectivity index (χ3v) is 4.87. The molecular formula is C25H21NO4. The Hall–Kier alpha value is -3.86. The lowest BCUT2D eigenvalue weighted by atomic mass is 10.1. The van der Waals surface area contributed by atoms with Gasteiger partial charge in [-0.15, -0.1) is 0 Å². The molecule has 0 unspecified atom stereocenters. The van der Waals surface area contributed by atoms with Gasteiger partial charge in [0, 0.05) is 23.7 Å². The minimum absolute atomic E-state index is 0.0437. The maximum atomic E-state index is 12.5. The molecule has 150 valence electrons. The zero-order valence-corrected chi connectivity index (χ0v) is 16.6. The minimum Gasteiger partial charge on any atom is -0.497 e. The van der Waals surface area contributed by atoms with Crippen LogP contribution in [0.15, 0.2) is 88.1 Å². The molecule has 1 heterocycles. The van der Waals surface area contributed by atoms with E-state index in [1.54, 1.807) is 37.4 Å². The standard InChI is InChI=1S/C25H21NO4/c1-29-20-12-13-23-21(15-20)22(27)16-24(30-23)18-8-10-19(11-9-18)26-25(28)14-7-17-5-3-2-4-6-17/h2-6,8-13,15-16H,7,14H2,1H3,(H,26,28). The minimum atomic E-state index is -0.136. The number of carbonyl (C=O) groups excluding carboxylic acids is 1. The smallest absolute Gasteiger partial charge is 0.224 e. The molecular weight excluding hydrogens is 378 g/mol. The van der Waals surface area contributed by atoms with Gasteiger partial charge >= 0.3 is 0 Å². The molecule has 0 aliphatic heterocycles. The Bertz CT molecular complexity index is 1230. The first-order valence-electron chi connectivity index (χ1n) is 9.68. The van der Waals surface area contributed by atoms with Crippen molar-refractivity contribution in [2.45, 2.75) is 12.8 Å². The first kappa shape index (κ1) is 19.5. The molecule has 30 heavy (non-hydrogen) atoms. The number of carbonyl (C=O) groups is 1. The van der Waals surface area contributed by atoms with Crippen molar-refractivity contribution >= 4 is 22.6 Å². The van der Waals surface area contributed by atoms with Gasteiger partial charge in [-0.1, -0.05) is 30.3 Å². The van der Waals surface area contributed by atoms with E-state index in [0.717, 1.165) is 11.1 Å². The van der Waals surface area contributed by atoms with Gasteiger partial charge < -0.3 is 14.5 Å². The summed E-state index contributed by atoms with van der Waals surface area (Å²) in [4.78, 5) is 24.7. The number of benzene rings is 3. The molecule has 0 aliphatic carbocycles. The van der Waals surface area contributed by atoms with Crippen molar-refractivity contribution in [3.05, 3.63) is 94.6 Å². The molecule has 4 rings (SSSR count). The largest absolute Gasteiger partial charge is 0.497 e. The van der Waals surface area contributed by atoms with Crippen LogP contribution in [0, 0.1) is 0 Å². The number of nitrogens with one attached hydrogen (secondary N) is 1. The highest BCUT2D eigenvalue weighted by Gasteiger charge is 2.09. The van der Waals surface area contributed by atoms with Gasteiger partial charge in [-0.25, -0.2) is 0 Å². The van der Waals surface area contributed by atoms with Crippen molar-refractivity contribution in [1.29, 1.82) is 0 Å². The van der Waals surface area contributed by atoms with Crippen LogP contribution in [0.1, 0.15) is 12.0 Å². The van der Waals surface area contributed by atoms with Gasteiger partial charge in [-0.3, -0.25) is 9.59 Å². The van der Waals surface area contributed by atoms with Crippen LogP contribution in [0.5, 0.6) is 5.75 Å². The van der Waals surface area contributed by atoms with E-state index in [4.69, 9.17) is 9.15 Å². The predicted octanol–water partition coefficient (Wildman–Crippen LogP) is 5.04. The molecule has 1 amide bonds. The lowest BCUT2D eigenvalue weighted by Gasteiger charge is -2.08. The van der Waals surface area contributed by atoms with Gasteiger partial charge in [0.1, 0.15) is 17.1 Å². The summed E-state index contributed by atoms with van der Waals surface area (Å²) in [7, 11) is 1.55. The van der Waals surface area contributed by atoms with Crippen LogP contribution in [-0.4, -0.2) is 13.0 Å². The quantitative estimate of drug-likeness (QED) is 0.493. The topological polar surface area (TPSA) is 68.5 Å². The van der Waals surface area contributed by atoms with Crippen molar-refractivity contribution in [2.75, 3.05) is 12.4 Å². The molecule has 4 aromatic rings. The second kappa shape index (κ2) is 8.66. The highest BCUT2D eigenvalue weighted by molar-refractivity contribution is 5.91. The van der Waals surface area contributed by atoms with Gasteiger partial charge in [-0.05, 0) is 54.4 Å². The van der Waals surface area contributed by atoms with Crippen molar-refractivity contribution in [3.63, 3.8) is 0 Å². The first-order valence-corrected chi connectivity index (χ1v) is 9.68. The lowest BCUT2D eigenvalue weighted by Crippen LogP contribution is -2.12. The normalized spacial score (nSPS) is 10.7. The number of hydrogen-bond donors (Lipinski definition) is 1. The van der Waals surface area contributed by atoms with Crippen LogP contribution in [-0.2, 0) is 11.2 Å². The van der Waals surface area contributed by atoms with E-state index in [9.17, 15) is 9.59 Å². The Morgan fingerprint density at radius 1 is 0.967 bits per heavy atom. The number of anilines is 1. The van der Waals surface area contributed by atoms with E-state index in [0.29, 0.717) is 41.0 Å². The maximum Gasteiger partial charge on any atom is 0.224 e. The lowest BCUT2D eigenvalue weighted by molar-refractivity contribution is -0.116. The van der Waals surface area contributed by atoms with Crippen LogP contribution in [0.25, 0.3) is 22.3 Å². The van der Waals surface area contributed by atoms with Crippen LogP contribution in [0.2, 0.25) is 0 Å². The third kappa shape index (κ3) is 4.41. The van der Waals surface area contributed by atoms with Gasteiger partial charge in [0.15, 0.2) is 5.43 Å². The number of methoxy groups -OCH3 is 1. The molecule has 3 aromatic carbocycles. The van der Waals surface area contributed by atoms with E-state index in [1.165, 1.54) is 6.07 Å². The summed E-state index contributed by atoms with van der Waals surface area (Å²) in [5, 5.41) is 3.37. The Labute approximate surface area is 173 Å². The maximum absolute atomic E-state index is 12.5. The monoisotopic (exact) mass is 399 g/mol. The Morgan fingerprint density at radius 3 is 2.47 bits per heavy atom. The summed E-state index contributed by atoms with van der Waals surface area (Å²) >= 11 is 0. The summed E-state index contributed by atoms with van der Waals surface area (Å²) in [6.45, 7) is 0. The second-order valence-electron chi connectivity index (χ2n) is 6.95. The number of hydrogen-bond acceptors (Lipinski definition) is 4. The highest BCUT2D eigenvalue weighted by atomic mass is 16.5. The van der Waals surface area contributed by atoms with Crippen molar-refractivity contribution in [3.8, 4) is 17.1 Å². The molecule has 1 aromatic heterocycles. The molecule has 0 aliphatic rings. The van der Waals surface area contributed by atoms with E-state index >= 15 is 0 Å². The summed E-state index contributed by atoms with van der Waals surface area (Å²) in [6.07, 6.45) is 1.10. The van der Waals surface area contributed by atoms with E-state index in [1.807, 2.05) is 42.5 Å². The number of ether oxygens (including phenoxy) is 1. The highest BCUT2D eigenvalue weighted by Crippen LogP contribution is 2.25. The predicted molar refractivity (Wildman–Crippen MR) is 118 cm³/mol. The fourth-order valence-electron chi connectivity index (χ4n) is 3.25. The molecule has 1 N–H and O–H groups in total. The molecule has 0 saturated heterocycles. The summed E-state index contributed by atoms with van der Waals surface area (Å²) in [5.41, 5.74) is 2.95.